The zero-order chi connectivity index (χ0) is 38.9. The van der Waals surface area contributed by atoms with Crippen molar-refractivity contribution < 1.29 is 14.4 Å². The molecule has 0 aliphatic carbocycles. The molecule has 6 aromatic rings. The number of fused-ring (bicyclic) bond motifs is 1. The number of hydrogen-bond donors (Lipinski definition) is 3. The van der Waals surface area contributed by atoms with Crippen molar-refractivity contribution in [2.75, 3.05) is 29.9 Å². The van der Waals surface area contributed by atoms with E-state index in [0.29, 0.717) is 77.2 Å². The van der Waals surface area contributed by atoms with E-state index in [9.17, 15) is 14.4 Å². The number of imidazole rings is 1. The highest BCUT2D eigenvalue weighted by molar-refractivity contribution is 6.31. The highest BCUT2D eigenvalue weighted by Crippen LogP contribution is 2.42. The van der Waals surface area contributed by atoms with E-state index in [2.05, 4.69) is 32.0 Å². The van der Waals surface area contributed by atoms with Gasteiger partial charge in [-0.3, -0.25) is 14.4 Å². The van der Waals surface area contributed by atoms with Gasteiger partial charge in [0.2, 0.25) is 11.8 Å². The van der Waals surface area contributed by atoms with Gasteiger partial charge in [-0.25, -0.2) is 9.97 Å². The number of halogens is 2. The number of aromatic amines is 1. The van der Waals surface area contributed by atoms with Crippen molar-refractivity contribution in [1.82, 2.24) is 29.7 Å². The lowest BCUT2D eigenvalue weighted by Gasteiger charge is -2.35. The van der Waals surface area contributed by atoms with E-state index in [0.717, 1.165) is 34.3 Å². The van der Waals surface area contributed by atoms with Gasteiger partial charge in [0, 0.05) is 70.9 Å². The first kappa shape index (κ1) is 37.3. The summed E-state index contributed by atoms with van der Waals surface area (Å²) in [7, 11) is 0. The van der Waals surface area contributed by atoms with Crippen molar-refractivity contribution in [3.05, 3.63) is 119 Å². The van der Waals surface area contributed by atoms with Crippen LogP contribution in [0.2, 0.25) is 10.0 Å². The molecule has 3 aromatic carbocycles. The second kappa shape index (κ2) is 15.8. The molecule has 2 aliphatic heterocycles. The molecule has 2 atom stereocenters. The van der Waals surface area contributed by atoms with Crippen LogP contribution in [0.15, 0.2) is 97.5 Å². The van der Waals surface area contributed by atoms with Crippen LogP contribution in [0.3, 0.4) is 0 Å². The van der Waals surface area contributed by atoms with E-state index < -0.39 is 6.04 Å². The first-order valence-corrected chi connectivity index (χ1v) is 19.7. The predicted octanol–water partition coefficient (Wildman–Crippen LogP) is 8.36. The van der Waals surface area contributed by atoms with Crippen LogP contribution in [0.4, 0.5) is 11.5 Å². The van der Waals surface area contributed by atoms with E-state index in [1.807, 2.05) is 85.2 Å². The number of carbonyl (C=O) groups excluding carboxylic acids is 3. The quantitative estimate of drug-likeness (QED) is 0.135. The summed E-state index contributed by atoms with van der Waals surface area (Å²) in [4.78, 5) is 56.7. The normalized spacial score (nSPS) is 16.6. The van der Waals surface area contributed by atoms with Crippen LogP contribution in [-0.2, 0) is 9.59 Å². The molecule has 0 spiro atoms. The first-order valence-electron chi connectivity index (χ1n) is 18.9. The van der Waals surface area contributed by atoms with Crippen LogP contribution in [0.5, 0.6) is 0 Å². The number of aromatic nitrogens is 4. The molecule has 2 fully saturated rings. The summed E-state index contributed by atoms with van der Waals surface area (Å²) in [5, 5.41) is 8.38. The van der Waals surface area contributed by atoms with Crippen LogP contribution in [0.25, 0.3) is 33.4 Å². The van der Waals surface area contributed by atoms with Crippen molar-refractivity contribution in [3.63, 3.8) is 0 Å². The van der Waals surface area contributed by atoms with Crippen LogP contribution in [0.1, 0.15) is 61.6 Å². The Labute approximate surface area is 335 Å². The van der Waals surface area contributed by atoms with Crippen molar-refractivity contribution in [2.24, 2.45) is 0 Å². The number of benzene rings is 3. The Kier molecular flexibility index (Phi) is 10.5. The van der Waals surface area contributed by atoms with Crippen molar-refractivity contribution in [1.29, 1.82) is 0 Å². The number of amides is 3. The smallest absolute Gasteiger partial charge is 0.272 e. The maximum Gasteiger partial charge on any atom is 0.272 e. The predicted molar refractivity (Wildman–Crippen MR) is 221 cm³/mol. The second-order valence-electron chi connectivity index (χ2n) is 14.5. The molecule has 0 bridgehead atoms. The van der Waals surface area contributed by atoms with Gasteiger partial charge in [0.1, 0.15) is 11.7 Å². The second-order valence-corrected chi connectivity index (χ2v) is 15.3. The molecule has 1 unspecified atom stereocenters. The molecule has 0 saturated carbocycles. The number of H-pyrrole nitrogens is 1. The van der Waals surface area contributed by atoms with Crippen molar-refractivity contribution in [2.45, 2.75) is 57.7 Å². The molecule has 2 saturated heterocycles. The average Bonchev–Trinajstić information content (AvgIpc) is 3.96. The van der Waals surface area contributed by atoms with Gasteiger partial charge >= 0.3 is 0 Å². The number of pyridine rings is 1. The monoisotopic (exact) mass is 788 g/mol. The van der Waals surface area contributed by atoms with Gasteiger partial charge in [0.25, 0.3) is 5.91 Å². The number of anilines is 2. The Morgan fingerprint density at radius 2 is 1.62 bits per heavy atom. The molecular formula is C43H42Cl2N8O3. The summed E-state index contributed by atoms with van der Waals surface area (Å²) in [5.41, 5.74) is 5.77. The van der Waals surface area contributed by atoms with Gasteiger partial charge in [0.05, 0.1) is 29.4 Å². The number of piperidine rings is 1. The molecule has 56 heavy (non-hydrogen) atoms. The van der Waals surface area contributed by atoms with Gasteiger partial charge in [-0.15, -0.1) is 0 Å². The van der Waals surface area contributed by atoms with Gasteiger partial charge in [0.15, 0.2) is 5.82 Å². The van der Waals surface area contributed by atoms with Crippen LogP contribution >= 0.6 is 23.2 Å². The molecule has 3 amide bonds. The van der Waals surface area contributed by atoms with Gasteiger partial charge in [-0.2, -0.15) is 0 Å². The summed E-state index contributed by atoms with van der Waals surface area (Å²) in [6.07, 6.45) is 6.46. The zero-order valence-electron chi connectivity index (χ0n) is 31.1. The fourth-order valence-electron chi connectivity index (χ4n) is 8.08. The third kappa shape index (κ3) is 7.36. The summed E-state index contributed by atoms with van der Waals surface area (Å²) in [6.45, 7) is 5.49. The van der Waals surface area contributed by atoms with Crippen LogP contribution < -0.4 is 15.5 Å². The fraction of sp³-hybridized carbons (Fsp3) is 0.279. The largest absolute Gasteiger partial charge is 0.355 e. The van der Waals surface area contributed by atoms with E-state index in [1.165, 1.54) is 6.92 Å². The minimum absolute atomic E-state index is 0.0189. The number of likely N-dealkylation sites (tertiary alicyclic amines) is 1. The first-order chi connectivity index (χ1) is 27.2. The van der Waals surface area contributed by atoms with Crippen molar-refractivity contribution in [3.8, 4) is 22.5 Å². The van der Waals surface area contributed by atoms with Crippen molar-refractivity contribution >= 4 is 63.3 Å². The summed E-state index contributed by atoms with van der Waals surface area (Å²) < 4.78 is 2.10. The topological polar surface area (TPSA) is 128 Å². The number of carbonyl (C=O) groups is 3. The van der Waals surface area contributed by atoms with E-state index in [4.69, 9.17) is 33.2 Å². The molecule has 0 radical (unpaired) electrons. The highest BCUT2D eigenvalue weighted by Gasteiger charge is 2.34. The Morgan fingerprint density at radius 1 is 0.875 bits per heavy atom. The lowest BCUT2D eigenvalue weighted by Crippen LogP contribution is -2.51. The number of rotatable bonds is 9. The average molecular weight is 790 g/mol. The third-order valence-corrected chi connectivity index (χ3v) is 11.5. The molecular weight excluding hydrogens is 747 g/mol. The molecule has 286 valence electrons. The molecule has 3 aromatic heterocycles. The third-order valence-electron chi connectivity index (χ3n) is 11.0. The Bertz CT molecular complexity index is 2400. The van der Waals surface area contributed by atoms with Gasteiger partial charge in [-0.05, 0) is 74.6 Å². The van der Waals surface area contributed by atoms with Crippen LogP contribution in [-0.4, -0.2) is 73.9 Å². The highest BCUT2D eigenvalue weighted by atomic mass is 35.5. The van der Waals surface area contributed by atoms with Crippen LogP contribution in [0, 0.1) is 0 Å². The van der Waals surface area contributed by atoms with E-state index >= 15 is 0 Å². The SMILES string of the molecule is CC(=O)N1CCC[C@H]1C(=O)NC1CCN(c2ncccc2NC(=O)c2[nH]c3cc(Cl)ccc3c2-c2c(-c3ccccc3)ncn2C(C)c2ccc(Cl)cc2)CC1. The molecule has 11 nitrogen and oxygen atoms in total. The van der Waals surface area contributed by atoms with Gasteiger partial charge < -0.3 is 30.0 Å². The van der Waals surface area contributed by atoms with E-state index in [1.54, 1.807) is 17.2 Å². The summed E-state index contributed by atoms with van der Waals surface area (Å²) in [6, 6.07) is 26.3. The summed E-state index contributed by atoms with van der Waals surface area (Å²) in [5.74, 6) is 0.148. The Balaban J connectivity index is 1.11. The number of nitrogens with one attached hydrogen (secondary N) is 3. The minimum Gasteiger partial charge on any atom is -0.355 e. The molecule has 8 rings (SSSR count). The Morgan fingerprint density at radius 3 is 2.38 bits per heavy atom. The fourth-order valence-corrected chi connectivity index (χ4v) is 8.38. The lowest BCUT2D eigenvalue weighted by molar-refractivity contribution is -0.137. The minimum atomic E-state index is -0.406. The maximum atomic E-state index is 14.7. The number of hydrogen-bond acceptors (Lipinski definition) is 6. The molecule has 13 heteroatoms. The molecule has 2 aliphatic rings. The maximum absolute atomic E-state index is 14.7. The molecule has 3 N–H and O–H groups in total. The van der Waals surface area contributed by atoms with E-state index in [-0.39, 0.29) is 29.8 Å². The lowest BCUT2D eigenvalue weighted by atomic mass is 9.99. The zero-order valence-corrected chi connectivity index (χ0v) is 32.6. The molecule has 5 heterocycles. The standard InChI is InChI=1S/C43H42Cl2N8O3/c1-26(28-12-14-30(44)15-13-28)53-25-47-38(29-8-4-3-5-9-29)40(53)37-33-17-16-31(45)24-35(33)49-39(37)43(56)50-34-10-6-20-46-41(34)51-22-18-32(19-23-51)48-42(55)36-11-7-21-52(36)27(2)54/h3-6,8-10,12-17,20,24-26,32,36,49H,7,11,18-19,21-23H2,1-2H3,(H,48,55)(H,50,56)/t26?,36-/m0/s1. The number of nitrogens with zero attached hydrogens (tertiary/aromatic N) is 5. The Hall–Kier alpha value is -5.65. The summed E-state index contributed by atoms with van der Waals surface area (Å²) >= 11 is 12.8. The van der Waals surface area contributed by atoms with Gasteiger partial charge in [-0.1, -0.05) is 71.7 Å².